The summed E-state index contributed by atoms with van der Waals surface area (Å²) in [6.45, 7) is 7.06. The second kappa shape index (κ2) is 10.7. The molecule has 0 radical (unpaired) electrons. The van der Waals surface area contributed by atoms with Crippen LogP contribution >= 0.6 is 11.3 Å². The van der Waals surface area contributed by atoms with Gasteiger partial charge in [-0.1, -0.05) is 81.4 Å². The maximum Gasteiger partial charge on any atom is 0.263 e. The van der Waals surface area contributed by atoms with Crippen molar-refractivity contribution in [1.82, 2.24) is 4.98 Å². The fraction of sp³-hybridized carbons (Fsp3) is 0.241. The van der Waals surface area contributed by atoms with Crippen molar-refractivity contribution < 1.29 is 17.6 Å². The molecule has 5 rings (SSSR count). The van der Waals surface area contributed by atoms with Crippen LogP contribution in [0.4, 0.5) is 10.8 Å². The molecule has 1 atom stereocenters. The fourth-order valence-electron chi connectivity index (χ4n) is 5.18. The topological polar surface area (TPSA) is 88.6 Å². The van der Waals surface area contributed by atoms with Gasteiger partial charge < -0.3 is 9.33 Å². The van der Waals surface area contributed by atoms with Crippen LogP contribution in [0.3, 0.4) is 0 Å². The van der Waals surface area contributed by atoms with Crippen LogP contribution in [0.2, 0.25) is 5.04 Å². The highest BCUT2D eigenvalue weighted by Crippen LogP contribution is 2.39. The lowest BCUT2D eigenvalue weighted by Gasteiger charge is -2.44. The first-order valence-electron chi connectivity index (χ1n) is 12.7. The molecule has 2 heterocycles. The number of rotatable bonds is 8. The van der Waals surface area contributed by atoms with E-state index in [-0.39, 0.29) is 15.8 Å². The molecule has 4 aromatic rings. The van der Waals surface area contributed by atoms with Gasteiger partial charge in [-0.25, -0.2) is 13.4 Å². The molecule has 1 saturated heterocycles. The summed E-state index contributed by atoms with van der Waals surface area (Å²) < 4.78 is 35.0. The van der Waals surface area contributed by atoms with Crippen LogP contribution in [0.15, 0.2) is 101 Å². The number of nitrogens with one attached hydrogen (secondary N) is 1. The minimum absolute atomic E-state index is 0.105. The second-order valence-corrected chi connectivity index (χ2v) is 17.3. The van der Waals surface area contributed by atoms with E-state index in [9.17, 15) is 13.2 Å². The maximum absolute atomic E-state index is 13.8. The first-order chi connectivity index (χ1) is 18.6. The van der Waals surface area contributed by atoms with Crippen molar-refractivity contribution in [3.05, 3.63) is 96.5 Å². The average molecular weight is 578 g/mol. The molecule has 202 valence electrons. The Morgan fingerprint density at radius 1 is 0.949 bits per heavy atom. The Bertz CT molecular complexity index is 1480. The number of hydrogen-bond acceptors (Lipinski definition) is 6. The molecule has 1 aliphatic heterocycles. The van der Waals surface area contributed by atoms with E-state index in [4.69, 9.17) is 4.43 Å². The molecule has 1 aliphatic rings. The van der Waals surface area contributed by atoms with Gasteiger partial charge in [0.15, 0.2) is 5.13 Å². The van der Waals surface area contributed by atoms with Crippen LogP contribution < -0.4 is 20.0 Å². The van der Waals surface area contributed by atoms with E-state index in [0.717, 1.165) is 10.4 Å². The van der Waals surface area contributed by atoms with Gasteiger partial charge in [0.25, 0.3) is 24.2 Å². The number of hydrogen-bond donors (Lipinski definition) is 1. The van der Waals surface area contributed by atoms with E-state index >= 15 is 0 Å². The van der Waals surface area contributed by atoms with E-state index in [1.807, 2.05) is 36.4 Å². The number of aromatic nitrogens is 1. The molecular weight excluding hydrogens is 547 g/mol. The number of anilines is 2. The summed E-state index contributed by atoms with van der Waals surface area (Å²) in [7, 11) is -6.67. The molecule has 1 amide bonds. The molecule has 1 N–H and O–H groups in total. The predicted molar refractivity (Wildman–Crippen MR) is 159 cm³/mol. The first-order valence-corrected chi connectivity index (χ1v) is 17.0. The summed E-state index contributed by atoms with van der Waals surface area (Å²) >= 11 is 1.21. The average Bonchev–Trinajstić information content (AvgIpc) is 3.56. The van der Waals surface area contributed by atoms with Crippen molar-refractivity contribution in [2.24, 2.45) is 0 Å². The lowest BCUT2D eigenvalue weighted by atomic mass is 10.2. The van der Waals surface area contributed by atoms with Crippen molar-refractivity contribution in [3.63, 3.8) is 0 Å². The summed E-state index contributed by atoms with van der Waals surface area (Å²) in [6, 6.07) is 26.9. The minimum Gasteiger partial charge on any atom is -0.395 e. The van der Waals surface area contributed by atoms with Crippen molar-refractivity contribution in [3.8, 4) is 0 Å². The van der Waals surface area contributed by atoms with Crippen LogP contribution in [-0.4, -0.2) is 40.3 Å². The lowest BCUT2D eigenvalue weighted by molar-refractivity contribution is -0.123. The van der Waals surface area contributed by atoms with Gasteiger partial charge in [0.2, 0.25) is 0 Å². The molecule has 0 bridgehead atoms. The van der Waals surface area contributed by atoms with Crippen LogP contribution in [0.1, 0.15) is 27.2 Å². The number of amides is 1. The molecule has 7 nitrogen and oxygen atoms in total. The van der Waals surface area contributed by atoms with E-state index < -0.39 is 24.4 Å². The predicted octanol–water partition coefficient (Wildman–Crippen LogP) is 4.63. The summed E-state index contributed by atoms with van der Waals surface area (Å²) in [6.07, 6.45) is 1.48. The van der Waals surface area contributed by atoms with Gasteiger partial charge in [0, 0.05) is 23.8 Å². The van der Waals surface area contributed by atoms with E-state index in [0.29, 0.717) is 23.8 Å². The zero-order valence-electron chi connectivity index (χ0n) is 22.1. The zero-order valence-corrected chi connectivity index (χ0v) is 24.7. The molecule has 0 unspecified atom stereocenters. The molecule has 0 saturated carbocycles. The van der Waals surface area contributed by atoms with Gasteiger partial charge in [-0.05, 0) is 46.1 Å². The Labute approximate surface area is 234 Å². The third kappa shape index (κ3) is 5.29. The molecule has 1 aromatic heterocycles. The molecule has 3 aromatic carbocycles. The van der Waals surface area contributed by atoms with Gasteiger partial charge in [-0.2, -0.15) is 0 Å². The van der Waals surface area contributed by atoms with Crippen LogP contribution in [0.5, 0.6) is 0 Å². The van der Waals surface area contributed by atoms with E-state index in [1.54, 1.807) is 22.4 Å². The number of nitrogens with zero attached hydrogens (tertiary/aromatic N) is 2. The van der Waals surface area contributed by atoms with Crippen LogP contribution in [0.25, 0.3) is 0 Å². The summed E-state index contributed by atoms with van der Waals surface area (Å²) in [5.74, 6) is -0.112. The quantitative estimate of drug-likeness (QED) is 0.309. The highest BCUT2D eigenvalue weighted by molar-refractivity contribution is 7.93. The summed E-state index contributed by atoms with van der Waals surface area (Å²) in [4.78, 5) is 19.5. The van der Waals surface area contributed by atoms with Gasteiger partial charge in [-0.15, -0.1) is 11.3 Å². The van der Waals surface area contributed by atoms with Crippen molar-refractivity contribution >= 4 is 56.8 Å². The number of benzene rings is 3. The lowest BCUT2D eigenvalue weighted by Crippen LogP contribution is -2.68. The number of carbonyl (C=O) groups is 1. The van der Waals surface area contributed by atoms with Gasteiger partial charge in [-0.3, -0.25) is 9.52 Å². The zero-order chi connectivity index (χ0) is 27.7. The molecule has 0 spiro atoms. The van der Waals surface area contributed by atoms with Crippen molar-refractivity contribution in [2.45, 2.75) is 43.2 Å². The largest absolute Gasteiger partial charge is 0.395 e. The Morgan fingerprint density at radius 3 is 2.05 bits per heavy atom. The first kappa shape index (κ1) is 27.3. The van der Waals surface area contributed by atoms with E-state index in [2.05, 4.69) is 54.7 Å². The highest BCUT2D eigenvalue weighted by Gasteiger charge is 2.53. The smallest absolute Gasteiger partial charge is 0.263 e. The van der Waals surface area contributed by atoms with Crippen LogP contribution in [-0.2, 0) is 19.2 Å². The Hall–Kier alpha value is -3.31. The standard InChI is InChI=1S/C29H31N3O4S2Si/c1-29(2,3)39(24-10-6-4-7-11-24,25-12-8-5-9-13-25)36-26-18-20-32(27(26)33)22-14-16-23(17-15-22)38(34,35)31-28-30-19-21-37-28/h4-17,19,21,26H,18,20H2,1-3H3,(H,30,31)/t26-/m0/s1. The monoisotopic (exact) mass is 577 g/mol. The fourth-order valence-corrected chi connectivity index (χ4v) is 11.6. The van der Waals surface area contributed by atoms with Gasteiger partial charge in [0.05, 0.1) is 4.90 Å². The highest BCUT2D eigenvalue weighted by atomic mass is 32.2. The Balaban J connectivity index is 1.42. The third-order valence-corrected chi connectivity index (χ3v) is 14.2. The number of carbonyl (C=O) groups excluding carboxylic acids is 1. The SMILES string of the molecule is CC(C)(C)[Si](O[C@H]1CCN(c2ccc(S(=O)(=O)Nc3nccs3)cc2)C1=O)(c1ccccc1)c1ccccc1. The third-order valence-electron chi connectivity index (χ3n) is 7.00. The van der Waals surface area contributed by atoms with Crippen molar-refractivity contribution in [1.29, 1.82) is 0 Å². The minimum atomic E-state index is -3.77. The molecule has 0 aliphatic carbocycles. The summed E-state index contributed by atoms with van der Waals surface area (Å²) in [5.41, 5.74) is 0.641. The number of sulfonamides is 1. The Kier molecular flexibility index (Phi) is 7.47. The van der Waals surface area contributed by atoms with Crippen molar-refractivity contribution in [2.75, 3.05) is 16.2 Å². The molecule has 10 heteroatoms. The normalized spacial score (nSPS) is 16.4. The number of thiazole rings is 1. The molecule has 39 heavy (non-hydrogen) atoms. The van der Waals surface area contributed by atoms with Gasteiger partial charge in [0.1, 0.15) is 6.10 Å². The summed E-state index contributed by atoms with van der Waals surface area (Å²) in [5, 5.41) is 4.00. The van der Waals surface area contributed by atoms with Gasteiger partial charge >= 0.3 is 0 Å². The second-order valence-electron chi connectivity index (χ2n) is 10.5. The Morgan fingerprint density at radius 2 is 1.54 bits per heavy atom. The van der Waals surface area contributed by atoms with Crippen LogP contribution in [0, 0.1) is 0 Å². The van der Waals surface area contributed by atoms with E-state index in [1.165, 1.54) is 29.7 Å². The maximum atomic E-state index is 13.8. The molecule has 1 fully saturated rings. The molecular formula is C29H31N3O4S2Si.